The Bertz CT molecular complexity index is 1290. The molecule has 1 aromatic carbocycles. The summed E-state index contributed by atoms with van der Waals surface area (Å²) in [6.07, 6.45) is 10.6. The average molecular weight is 461 g/mol. The minimum absolute atomic E-state index is 0.0126. The smallest absolute Gasteiger partial charge is 0.341 e. The quantitative estimate of drug-likeness (QED) is 0.383. The van der Waals surface area contributed by atoms with Gasteiger partial charge in [0.1, 0.15) is 11.0 Å². The highest BCUT2D eigenvalue weighted by atomic mass is 16.5. The molecule has 9 nitrogen and oxygen atoms in total. The molecule has 4 aromatic rings. The molecule has 3 heterocycles. The Hall–Kier alpha value is -3.75. The lowest BCUT2D eigenvalue weighted by molar-refractivity contribution is 0.0526. The number of hydrogen-bond acceptors (Lipinski definition) is 7. The van der Waals surface area contributed by atoms with Gasteiger partial charge in [0.2, 0.25) is 5.88 Å². The van der Waals surface area contributed by atoms with Gasteiger partial charge in [-0.2, -0.15) is 15.2 Å². The highest BCUT2D eigenvalue weighted by Crippen LogP contribution is 2.41. The summed E-state index contributed by atoms with van der Waals surface area (Å²) in [5.41, 5.74) is 3.11. The Kier molecular flexibility index (Phi) is 6.00. The number of carbonyl (C=O) groups excluding carboxylic acids is 1. The molecule has 1 fully saturated rings. The van der Waals surface area contributed by atoms with Gasteiger partial charge >= 0.3 is 5.97 Å². The highest BCUT2D eigenvalue weighted by molar-refractivity contribution is 5.88. The zero-order valence-electron chi connectivity index (χ0n) is 19.5. The van der Waals surface area contributed by atoms with E-state index in [1.807, 2.05) is 4.68 Å². The lowest BCUT2D eigenvalue weighted by Gasteiger charge is -2.38. The van der Waals surface area contributed by atoms with Crippen LogP contribution in [0.1, 0.15) is 54.9 Å². The van der Waals surface area contributed by atoms with E-state index >= 15 is 0 Å². The van der Waals surface area contributed by atoms with Gasteiger partial charge in [0, 0.05) is 11.6 Å². The Morgan fingerprint density at radius 2 is 1.85 bits per heavy atom. The van der Waals surface area contributed by atoms with Crippen molar-refractivity contribution >= 4 is 17.0 Å². The van der Waals surface area contributed by atoms with E-state index in [1.54, 1.807) is 26.4 Å². The van der Waals surface area contributed by atoms with E-state index in [0.29, 0.717) is 29.5 Å². The molecule has 1 saturated carbocycles. The topological polar surface area (TPSA) is 97.0 Å². The third kappa shape index (κ3) is 4.02. The fourth-order valence-corrected chi connectivity index (χ4v) is 4.92. The zero-order chi connectivity index (χ0) is 23.5. The molecule has 5 rings (SSSR count). The van der Waals surface area contributed by atoms with Crippen molar-refractivity contribution in [2.75, 3.05) is 13.7 Å². The number of benzene rings is 1. The first-order valence-electron chi connectivity index (χ1n) is 11.7. The molecule has 176 valence electrons. The van der Waals surface area contributed by atoms with Crippen LogP contribution in [0.2, 0.25) is 0 Å². The van der Waals surface area contributed by atoms with Crippen LogP contribution in [-0.4, -0.2) is 49.2 Å². The third-order valence-corrected chi connectivity index (χ3v) is 6.59. The molecular formula is C25H28N6O3. The van der Waals surface area contributed by atoms with Crippen molar-refractivity contribution in [3.63, 3.8) is 0 Å². The second kappa shape index (κ2) is 9.24. The zero-order valence-corrected chi connectivity index (χ0v) is 19.5. The van der Waals surface area contributed by atoms with Gasteiger partial charge in [0.05, 0.1) is 38.2 Å². The summed E-state index contributed by atoms with van der Waals surface area (Å²) < 4.78 is 14.1. The Balaban J connectivity index is 1.52. The van der Waals surface area contributed by atoms with Crippen molar-refractivity contribution in [2.45, 2.75) is 51.0 Å². The standard InChI is InChI=1S/C25H28N6O3/c1-3-34-23(32)18-14-26-30(16-18)24-28-20-15-27-31(21(20)22(29-24)33-2)17-25(12-8-5-9-13-25)19-10-6-4-7-11-19/h4,6-7,10-11,14-16H,3,5,8-9,12-13,17H2,1-2H3. The molecule has 0 spiro atoms. The van der Waals surface area contributed by atoms with E-state index in [2.05, 4.69) is 45.4 Å². The lowest BCUT2D eigenvalue weighted by atomic mass is 9.69. The maximum absolute atomic E-state index is 12.0. The molecule has 0 bridgehead atoms. The molecule has 1 aliphatic rings. The molecule has 0 amide bonds. The Morgan fingerprint density at radius 1 is 1.06 bits per heavy atom. The van der Waals surface area contributed by atoms with Gasteiger partial charge in [-0.3, -0.25) is 4.68 Å². The first-order valence-corrected chi connectivity index (χ1v) is 11.7. The van der Waals surface area contributed by atoms with Crippen LogP contribution in [0.15, 0.2) is 48.9 Å². The second-order valence-corrected chi connectivity index (χ2v) is 8.67. The van der Waals surface area contributed by atoms with Crippen LogP contribution in [-0.2, 0) is 16.7 Å². The van der Waals surface area contributed by atoms with Crippen LogP contribution in [0.3, 0.4) is 0 Å². The van der Waals surface area contributed by atoms with Gasteiger partial charge in [-0.05, 0) is 25.3 Å². The fourth-order valence-electron chi connectivity index (χ4n) is 4.92. The molecule has 9 heteroatoms. The second-order valence-electron chi connectivity index (χ2n) is 8.67. The third-order valence-electron chi connectivity index (χ3n) is 6.59. The van der Waals surface area contributed by atoms with Crippen molar-refractivity contribution < 1.29 is 14.3 Å². The summed E-state index contributed by atoms with van der Waals surface area (Å²) >= 11 is 0. The molecule has 34 heavy (non-hydrogen) atoms. The van der Waals surface area contributed by atoms with Crippen LogP contribution in [0.5, 0.6) is 5.88 Å². The first kappa shape index (κ1) is 22.1. The van der Waals surface area contributed by atoms with Crippen molar-refractivity contribution in [1.29, 1.82) is 0 Å². The Labute approximate surface area is 197 Å². The summed E-state index contributed by atoms with van der Waals surface area (Å²) in [5, 5.41) is 8.92. The first-order chi connectivity index (χ1) is 16.6. The predicted molar refractivity (Wildman–Crippen MR) is 126 cm³/mol. The average Bonchev–Trinajstić information content (AvgIpc) is 3.53. The number of fused-ring (bicyclic) bond motifs is 1. The number of carbonyl (C=O) groups is 1. The molecule has 0 saturated heterocycles. The summed E-state index contributed by atoms with van der Waals surface area (Å²) in [6.45, 7) is 2.79. The van der Waals surface area contributed by atoms with Gasteiger partial charge in [-0.1, -0.05) is 49.6 Å². The monoisotopic (exact) mass is 460 g/mol. The van der Waals surface area contributed by atoms with Gasteiger partial charge < -0.3 is 9.47 Å². The highest BCUT2D eigenvalue weighted by Gasteiger charge is 2.35. The van der Waals surface area contributed by atoms with Gasteiger partial charge in [-0.15, -0.1) is 0 Å². The number of rotatable bonds is 7. The molecule has 1 aliphatic carbocycles. The summed E-state index contributed by atoms with van der Waals surface area (Å²) in [5.74, 6) is 0.285. The van der Waals surface area contributed by atoms with Gasteiger partial charge in [0.15, 0.2) is 0 Å². The number of ether oxygens (including phenoxy) is 2. The van der Waals surface area contributed by atoms with Gasteiger partial charge in [-0.25, -0.2) is 14.5 Å². The van der Waals surface area contributed by atoms with E-state index in [9.17, 15) is 4.79 Å². The number of methoxy groups -OCH3 is 1. The maximum Gasteiger partial charge on any atom is 0.341 e. The van der Waals surface area contributed by atoms with E-state index in [0.717, 1.165) is 24.9 Å². The van der Waals surface area contributed by atoms with E-state index < -0.39 is 5.97 Å². The van der Waals surface area contributed by atoms with Crippen molar-refractivity contribution in [1.82, 2.24) is 29.5 Å². The van der Waals surface area contributed by atoms with Gasteiger partial charge in [0.25, 0.3) is 5.95 Å². The molecular weight excluding hydrogens is 432 g/mol. The van der Waals surface area contributed by atoms with Crippen LogP contribution in [0, 0.1) is 0 Å². The molecule has 0 atom stereocenters. The molecule has 3 aromatic heterocycles. The Morgan fingerprint density at radius 3 is 2.59 bits per heavy atom. The van der Waals surface area contributed by atoms with Crippen molar-refractivity contribution in [2.24, 2.45) is 0 Å². The summed E-state index contributed by atoms with van der Waals surface area (Å²) in [4.78, 5) is 21.2. The minimum atomic E-state index is -0.437. The van der Waals surface area contributed by atoms with Crippen LogP contribution in [0.4, 0.5) is 0 Å². The number of nitrogens with zero attached hydrogens (tertiary/aromatic N) is 6. The largest absolute Gasteiger partial charge is 0.479 e. The van der Waals surface area contributed by atoms with E-state index in [-0.39, 0.29) is 5.41 Å². The maximum atomic E-state index is 12.0. The molecule has 0 N–H and O–H groups in total. The normalized spacial score (nSPS) is 15.4. The summed E-state index contributed by atoms with van der Waals surface area (Å²) in [7, 11) is 1.59. The van der Waals surface area contributed by atoms with Crippen molar-refractivity contribution in [3.8, 4) is 11.8 Å². The summed E-state index contributed by atoms with van der Waals surface area (Å²) in [6, 6.07) is 10.7. The lowest BCUT2D eigenvalue weighted by Crippen LogP contribution is -2.34. The fraction of sp³-hybridized carbons (Fsp3) is 0.400. The minimum Gasteiger partial charge on any atom is -0.479 e. The van der Waals surface area contributed by atoms with Crippen molar-refractivity contribution in [3.05, 3.63) is 60.0 Å². The van der Waals surface area contributed by atoms with Crippen LogP contribution in [0.25, 0.3) is 17.0 Å². The van der Waals surface area contributed by atoms with Crippen LogP contribution < -0.4 is 4.74 Å². The number of aromatic nitrogens is 6. The van der Waals surface area contributed by atoms with Crippen LogP contribution >= 0.6 is 0 Å². The predicted octanol–water partition coefficient (Wildman–Crippen LogP) is 4.10. The molecule has 0 unspecified atom stereocenters. The molecule has 0 radical (unpaired) electrons. The SMILES string of the molecule is CCOC(=O)c1cnn(-c2nc(OC)c3c(cnn3CC3(c4ccccc4)CCCCC3)n2)c1. The van der Waals surface area contributed by atoms with E-state index in [4.69, 9.17) is 14.6 Å². The number of hydrogen-bond donors (Lipinski definition) is 0. The molecule has 0 aliphatic heterocycles. The number of esters is 1. The van der Waals surface area contributed by atoms with E-state index in [1.165, 1.54) is 35.7 Å².